The van der Waals surface area contributed by atoms with E-state index in [0.29, 0.717) is 12.5 Å². The summed E-state index contributed by atoms with van der Waals surface area (Å²) in [5.41, 5.74) is 1.79. The summed E-state index contributed by atoms with van der Waals surface area (Å²) in [4.78, 5) is 32.4. The van der Waals surface area contributed by atoms with Gasteiger partial charge in [0.1, 0.15) is 0 Å². The predicted octanol–water partition coefficient (Wildman–Crippen LogP) is 3.56. The van der Waals surface area contributed by atoms with E-state index in [2.05, 4.69) is 11.5 Å². The van der Waals surface area contributed by atoms with Crippen LogP contribution in [-0.2, 0) is 14.3 Å². The summed E-state index contributed by atoms with van der Waals surface area (Å²) in [6.45, 7) is 8.73. The second-order valence-corrected chi connectivity index (χ2v) is 7.08. The molecule has 0 spiro atoms. The van der Waals surface area contributed by atoms with E-state index in [0.717, 1.165) is 23.9 Å². The van der Waals surface area contributed by atoms with Crippen LogP contribution in [0, 0.1) is 11.8 Å². The molecule has 26 heavy (non-hydrogen) atoms. The van der Waals surface area contributed by atoms with Crippen molar-refractivity contribution in [2.24, 2.45) is 11.8 Å². The zero-order valence-electron chi connectivity index (χ0n) is 15.9. The first-order valence-electron chi connectivity index (χ1n) is 9.46. The van der Waals surface area contributed by atoms with Crippen LogP contribution in [0.1, 0.15) is 46.6 Å². The number of amides is 1. The minimum atomic E-state index is -0.836. The zero-order chi connectivity index (χ0) is 18.8. The molecule has 2 heterocycles. The van der Waals surface area contributed by atoms with Crippen molar-refractivity contribution in [2.45, 2.75) is 46.6 Å². The second-order valence-electron chi connectivity index (χ2n) is 7.08. The third kappa shape index (κ3) is 2.97. The number of imidazole rings is 1. The Balaban J connectivity index is 2.21. The number of para-hydroxylation sites is 2. The number of unbranched alkanes of at least 4 members (excludes halogenated alkanes) is 1. The monoisotopic (exact) mass is 357 g/mol. The van der Waals surface area contributed by atoms with Crippen LogP contribution < -0.4 is 4.90 Å². The van der Waals surface area contributed by atoms with Gasteiger partial charge in [-0.2, -0.15) is 0 Å². The summed E-state index contributed by atoms with van der Waals surface area (Å²) in [6, 6.07) is 7.53. The third-order valence-corrected chi connectivity index (χ3v) is 4.95. The molecule has 0 N–H and O–H groups in total. The molecule has 0 bridgehead atoms. The SMILES string of the molecule is CCCCN1C(=O)[C@@H](C(=O)OCC)[C@H](C(C)C)n2c1nc1ccccc12. The number of carbonyl (C=O) groups excluding carboxylic acids is 2. The van der Waals surface area contributed by atoms with Gasteiger partial charge in [-0.25, -0.2) is 4.98 Å². The van der Waals surface area contributed by atoms with Gasteiger partial charge in [-0.15, -0.1) is 0 Å². The number of aromatic nitrogens is 2. The number of benzene rings is 1. The molecule has 1 aliphatic heterocycles. The van der Waals surface area contributed by atoms with Crippen LogP contribution in [0.5, 0.6) is 0 Å². The number of nitrogens with zero attached hydrogens (tertiary/aromatic N) is 3. The van der Waals surface area contributed by atoms with E-state index >= 15 is 0 Å². The van der Waals surface area contributed by atoms with Gasteiger partial charge in [-0.3, -0.25) is 14.5 Å². The Morgan fingerprint density at radius 3 is 2.65 bits per heavy atom. The van der Waals surface area contributed by atoms with Gasteiger partial charge in [0.05, 0.1) is 23.7 Å². The molecule has 0 fully saturated rings. The van der Waals surface area contributed by atoms with Crippen LogP contribution >= 0.6 is 0 Å². The van der Waals surface area contributed by atoms with Crippen molar-refractivity contribution in [2.75, 3.05) is 18.1 Å². The van der Waals surface area contributed by atoms with Gasteiger partial charge >= 0.3 is 5.97 Å². The predicted molar refractivity (Wildman–Crippen MR) is 101 cm³/mol. The molecule has 140 valence electrons. The largest absolute Gasteiger partial charge is 0.465 e. The van der Waals surface area contributed by atoms with Crippen molar-refractivity contribution >= 4 is 28.9 Å². The standard InChI is InChI=1S/C20H27N3O3/c1-5-7-12-22-18(24)16(19(25)26-6-2)17(13(3)4)23-15-11-9-8-10-14(15)21-20(22)23/h8-11,13,16-17H,5-7,12H2,1-4H3/t16-,17-/m0/s1. The summed E-state index contributed by atoms with van der Waals surface area (Å²) in [5.74, 6) is -0.751. The minimum absolute atomic E-state index is 0.0815. The van der Waals surface area contributed by atoms with Crippen LogP contribution in [0.25, 0.3) is 11.0 Å². The van der Waals surface area contributed by atoms with E-state index in [1.807, 2.05) is 38.1 Å². The van der Waals surface area contributed by atoms with Gasteiger partial charge in [0.25, 0.3) is 0 Å². The van der Waals surface area contributed by atoms with Gasteiger partial charge in [0, 0.05) is 6.54 Å². The molecule has 1 amide bonds. The Bertz CT molecular complexity index is 812. The Morgan fingerprint density at radius 2 is 2.00 bits per heavy atom. The van der Waals surface area contributed by atoms with Crippen molar-refractivity contribution in [1.82, 2.24) is 9.55 Å². The maximum Gasteiger partial charge on any atom is 0.320 e. The Kier molecular flexibility index (Phi) is 5.30. The van der Waals surface area contributed by atoms with Gasteiger partial charge in [0.2, 0.25) is 11.9 Å². The number of carbonyl (C=O) groups is 2. The first kappa shape index (κ1) is 18.4. The molecule has 1 aliphatic rings. The maximum absolute atomic E-state index is 13.3. The Hall–Kier alpha value is -2.37. The fraction of sp³-hybridized carbons (Fsp3) is 0.550. The van der Waals surface area contributed by atoms with Crippen LogP contribution in [0.15, 0.2) is 24.3 Å². The normalized spacial score (nSPS) is 19.9. The number of anilines is 1. The second kappa shape index (κ2) is 7.48. The molecule has 2 atom stereocenters. The zero-order valence-corrected chi connectivity index (χ0v) is 15.9. The summed E-state index contributed by atoms with van der Waals surface area (Å²) in [6.07, 6.45) is 1.82. The molecular formula is C20H27N3O3. The maximum atomic E-state index is 13.3. The highest BCUT2D eigenvalue weighted by Gasteiger charge is 2.47. The third-order valence-electron chi connectivity index (χ3n) is 4.95. The number of hydrogen-bond acceptors (Lipinski definition) is 4. The first-order chi connectivity index (χ1) is 12.5. The first-order valence-corrected chi connectivity index (χ1v) is 9.46. The van der Waals surface area contributed by atoms with E-state index < -0.39 is 11.9 Å². The molecule has 0 radical (unpaired) electrons. The molecule has 1 aromatic heterocycles. The van der Waals surface area contributed by atoms with Crippen molar-refractivity contribution in [1.29, 1.82) is 0 Å². The number of fused-ring (bicyclic) bond motifs is 3. The van der Waals surface area contributed by atoms with Gasteiger partial charge in [-0.1, -0.05) is 39.3 Å². The highest BCUT2D eigenvalue weighted by atomic mass is 16.5. The lowest BCUT2D eigenvalue weighted by atomic mass is 9.87. The number of rotatable bonds is 6. The summed E-state index contributed by atoms with van der Waals surface area (Å²) < 4.78 is 7.34. The Morgan fingerprint density at radius 1 is 1.27 bits per heavy atom. The van der Waals surface area contributed by atoms with Gasteiger partial charge in [0.15, 0.2) is 5.92 Å². The fourth-order valence-corrected chi connectivity index (χ4v) is 3.76. The average Bonchev–Trinajstić information content (AvgIpc) is 2.99. The lowest BCUT2D eigenvalue weighted by Crippen LogP contribution is -2.51. The molecule has 0 saturated heterocycles. The van der Waals surface area contributed by atoms with Crippen LogP contribution in [-0.4, -0.2) is 34.6 Å². The quantitative estimate of drug-likeness (QED) is 0.586. The van der Waals surface area contributed by atoms with Crippen LogP contribution in [0.2, 0.25) is 0 Å². The van der Waals surface area contributed by atoms with E-state index in [4.69, 9.17) is 9.72 Å². The van der Waals surface area contributed by atoms with Crippen LogP contribution in [0.4, 0.5) is 5.95 Å². The van der Waals surface area contributed by atoms with E-state index in [9.17, 15) is 9.59 Å². The summed E-state index contributed by atoms with van der Waals surface area (Å²) in [7, 11) is 0. The molecular weight excluding hydrogens is 330 g/mol. The van der Waals surface area contributed by atoms with Gasteiger partial charge < -0.3 is 9.30 Å². The van der Waals surface area contributed by atoms with Gasteiger partial charge in [-0.05, 0) is 31.4 Å². The summed E-state index contributed by atoms with van der Waals surface area (Å²) in [5, 5.41) is 0. The van der Waals surface area contributed by atoms with Crippen molar-refractivity contribution in [3.63, 3.8) is 0 Å². The molecule has 1 aromatic carbocycles. The highest BCUT2D eigenvalue weighted by Crippen LogP contribution is 2.41. The fourth-order valence-electron chi connectivity index (χ4n) is 3.76. The molecule has 0 unspecified atom stereocenters. The molecule has 0 saturated carbocycles. The summed E-state index contributed by atoms with van der Waals surface area (Å²) >= 11 is 0. The molecule has 0 aliphatic carbocycles. The molecule has 6 heteroatoms. The average molecular weight is 357 g/mol. The highest BCUT2D eigenvalue weighted by molar-refractivity contribution is 6.08. The van der Waals surface area contributed by atoms with Crippen LogP contribution in [0.3, 0.4) is 0 Å². The lowest BCUT2D eigenvalue weighted by molar-refractivity contribution is -0.154. The number of hydrogen-bond donors (Lipinski definition) is 0. The topological polar surface area (TPSA) is 64.4 Å². The van der Waals surface area contributed by atoms with Crippen molar-refractivity contribution in [3.8, 4) is 0 Å². The Labute approximate surface area is 154 Å². The molecule has 3 rings (SSSR count). The van der Waals surface area contributed by atoms with E-state index in [-0.39, 0.29) is 24.5 Å². The smallest absolute Gasteiger partial charge is 0.320 e. The molecule has 2 aromatic rings. The van der Waals surface area contributed by atoms with E-state index in [1.165, 1.54) is 0 Å². The lowest BCUT2D eigenvalue weighted by Gasteiger charge is -2.39. The number of ether oxygens (including phenoxy) is 1. The molecule has 6 nitrogen and oxygen atoms in total. The minimum Gasteiger partial charge on any atom is -0.465 e. The van der Waals surface area contributed by atoms with Crippen molar-refractivity contribution < 1.29 is 14.3 Å². The van der Waals surface area contributed by atoms with E-state index in [1.54, 1.807) is 11.8 Å². The van der Waals surface area contributed by atoms with Crippen molar-refractivity contribution in [3.05, 3.63) is 24.3 Å². The number of esters is 1.